The highest BCUT2D eigenvalue weighted by atomic mass is 35.5. The molecule has 7 heteroatoms. The van der Waals surface area contributed by atoms with Crippen molar-refractivity contribution in [3.63, 3.8) is 0 Å². The first-order valence-corrected chi connectivity index (χ1v) is 7.84. The molecule has 4 nitrogen and oxygen atoms in total. The van der Waals surface area contributed by atoms with Gasteiger partial charge in [-0.3, -0.25) is 0 Å². The molecule has 19 heavy (non-hydrogen) atoms. The van der Waals surface area contributed by atoms with Crippen LogP contribution in [0, 0.1) is 11.7 Å². The first-order valence-electron chi connectivity index (χ1n) is 5.97. The monoisotopic (exact) mass is 306 g/mol. The first kappa shape index (κ1) is 14.7. The summed E-state index contributed by atoms with van der Waals surface area (Å²) >= 11 is 5.61. The van der Waals surface area contributed by atoms with Gasteiger partial charge in [0.05, 0.1) is 9.92 Å². The Labute approximate surface area is 117 Å². The molecular weight excluding hydrogens is 291 g/mol. The van der Waals surface area contributed by atoms with Crippen molar-refractivity contribution in [2.45, 2.75) is 30.2 Å². The Morgan fingerprint density at radius 3 is 2.63 bits per heavy atom. The van der Waals surface area contributed by atoms with Crippen molar-refractivity contribution in [3.8, 4) is 0 Å². The second-order valence-corrected chi connectivity index (χ2v) is 7.17. The standard InChI is InChI=1S/C12H16ClFN2O2S/c1-12(7-15,8-2-3-8)16-19(17,18)9-4-5-11(14)10(13)6-9/h4-6,8,16H,2-3,7,15H2,1H3. The van der Waals surface area contributed by atoms with Crippen LogP contribution in [0.5, 0.6) is 0 Å². The Kier molecular flexibility index (Phi) is 3.88. The number of halogens is 2. The summed E-state index contributed by atoms with van der Waals surface area (Å²) in [7, 11) is -3.76. The van der Waals surface area contributed by atoms with Crippen LogP contribution in [0.2, 0.25) is 5.02 Å². The van der Waals surface area contributed by atoms with Gasteiger partial charge < -0.3 is 5.73 Å². The maximum Gasteiger partial charge on any atom is 0.241 e. The molecule has 1 fully saturated rings. The fourth-order valence-electron chi connectivity index (χ4n) is 2.02. The molecule has 1 unspecified atom stereocenters. The molecule has 0 spiro atoms. The van der Waals surface area contributed by atoms with Crippen LogP contribution in [0.1, 0.15) is 19.8 Å². The lowest BCUT2D eigenvalue weighted by Gasteiger charge is -2.29. The third-order valence-corrected chi connectivity index (χ3v) is 5.37. The number of rotatable bonds is 5. The average Bonchev–Trinajstić information content (AvgIpc) is 3.16. The van der Waals surface area contributed by atoms with Gasteiger partial charge in [0.25, 0.3) is 0 Å². The van der Waals surface area contributed by atoms with Crippen molar-refractivity contribution in [1.29, 1.82) is 0 Å². The summed E-state index contributed by atoms with van der Waals surface area (Å²) in [6.45, 7) is 2.00. The van der Waals surface area contributed by atoms with Gasteiger partial charge in [-0.25, -0.2) is 17.5 Å². The SMILES string of the molecule is CC(CN)(NS(=O)(=O)c1ccc(F)c(Cl)c1)C1CC1. The van der Waals surface area contributed by atoms with E-state index in [-0.39, 0.29) is 22.4 Å². The molecule has 1 aliphatic rings. The summed E-state index contributed by atoms with van der Waals surface area (Å²) in [6.07, 6.45) is 1.92. The molecule has 1 atom stereocenters. The predicted molar refractivity (Wildman–Crippen MR) is 71.9 cm³/mol. The van der Waals surface area contributed by atoms with Gasteiger partial charge in [0.15, 0.2) is 0 Å². The van der Waals surface area contributed by atoms with E-state index in [1.165, 1.54) is 6.07 Å². The second kappa shape index (κ2) is 5.01. The zero-order valence-corrected chi connectivity index (χ0v) is 12.1. The molecule has 106 valence electrons. The van der Waals surface area contributed by atoms with Gasteiger partial charge in [0.1, 0.15) is 5.82 Å². The van der Waals surface area contributed by atoms with Crippen molar-refractivity contribution in [1.82, 2.24) is 4.72 Å². The molecule has 1 saturated carbocycles. The summed E-state index contributed by atoms with van der Waals surface area (Å²) in [5.41, 5.74) is 5.01. The minimum absolute atomic E-state index is 0.0563. The lowest BCUT2D eigenvalue weighted by molar-refractivity contribution is 0.374. The zero-order chi connectivity index (χ0) is 14.3. The first-order chi connectivity index (χ1) is 8.78. The third kappa shape index (κ3) is 3.08. The van der Waals surface area contributed by atoms with Crippen LogP contribution in [0.4, 0.5) is 4.39 Å². The molecule has 0 radical (unpaired) electrons. The van der Waals surface area contributed by atoms with Crippen LogP contribution in [-0.4, -0.2) is 20.5 Å². The van der Waals surface area contributed by atoms with Crippen LogP contribution >= 0.6 is 11.6 Å². The summed E-state index contributed by atoms with van der Waals surface area (Å²) < 4.78 is 40.2. The van der Waals surface area contributed by atoms with Crippen molar-refractivity contribution in [2.75, 3.05) is 6.54 Å². The molecule has 0 amide bonds. The molecule has 0 bridgehead atoms. The Bertz CT molecular complexity index is 589. The number of nitrogens with one attached hydrogen (secondary N) is 1. The van der Waals surface area contributed by atoms with Crippen molar-refractivity contribution in [3.05, 3.63) is 29.0 Å². The molecule has 0 saturated heterocycles. The second-order valence-electron chi connectivity index (χ2n) is 5.08. The van der Waals surface area contributed by atoms with E-state index in [2.05, 4.69) is 4.72 Å². The molecule has 0 aromatic heterocycles. The molecule has 3 N–H and O–H groups in total. The van der Waals surface area contributed by atoms with Gasteiger partial charge in [-0.1, -0.05) is 11.6 Å². The Morgan fingerprint density at radius 1 is 1.53 bits per heavy atom. The van der Waals surface area contributed by atoms with E-state index in [9.17, 15) is 12.8 Å². The number of nitrogens with two attached hydrogens (primary N) is 1. The Balaban J connectivity index is 2.29. The number of sulfonamides is 1. The summed E-state index contributed by atoms with van der Waals surface area (Å²) in [5, 5.41) is -0.219. The molecule has 0 heterocycles. The highest BCUT2D eigenvalue weighted by Crippen LogP contribution is 2.39. The topological polar surface area (TPSA) is 72.2 Å². The Hall–Kier alpha value is -0.690. The van der Waals surface area contributed by atoms with Crippen molar-refractivity contribution >= 4 is 21.6 Å². The summed E-state index contributed by atoms with van der Waals surface area (Å²) in [5.74, 6) is -0.396. The van der Waals surface area contributed by atoms with Crippen molar-refractivity contribution < 1.29 is 12.8 Å². The van der Waals surface area contributed by atoms with Gasteiger partial charge in [-0.05, 0) is 43.9 Å². The summed E-state index contributed by atoms with van der Waals surface area (Å²) in [6, 6.07) is 3.32. The van der Waals surface area contributed by atoms with Gasteiger partial charge >= 0.3 is 0 Å². The maximum atomic E-state index is 13.1. The minimum atomic E-state index is -3.76. The number of hydrogen-bond acceptors (Lipinski definition) is 3. The molecule has 1 aromatic carbocycles. The fraction of sp³-hybridized carbons (Fsp3) is 0.500. The van der Waals surface area contributed by atoms with Crippen LogP contribution in [0.15, 0.2) is 23.1 Å². The largest absolute Gasteiger partial charge is 0.329 e. The van der Waals surface area contributed by atoms with Crippen molar-refractivity contribution in [2.24, 2.45) is 11.7 Å². The van der Waals surface area contributed by atoms with Gasteiger partial charge in [0.2, 0.25) is 10.0 Å². The molecule has 2 rings (SSSR count). The average molecular weight is 307 g/mol. The maximum absolute atomic E-state index is 13.1. The highest BCUT2D eigenvalue weighted by Gasteiger charge is 2.43. The van der Waals surface area contributed by atoms with E-state index in [0.29, 0.717) is 0 Å². The van der Waals surface area contributed by atoms with Crippen LogP contribution < -0.4 is 10.5 Å². The zero-order valence-electron chi connectivity index (χ0n) is 10.5. The van der Waals surface area contributed by atoms with Crippen LogP contribution in [0.3, 0.4) is 0 Å². The van der Waals surface area contributed by atoms with E-state index < -0.39 is 21.4 Å². The summed E-state index contributed by atoms with van der Waals surface area (Å²) in [4.78, 5) is -0.0563. The normalized spacial score (nSPS) is 19.2. The molecular formula is C12H16ClFN2O2S. The third-order valence-electron chi connectivity index (χ3n) is 3.47. The van der Waals surface area contributed by atoms with Gasteiger partial charge in [-0.15, -0.1) is 0 Å². The highest BCUT2D eigenvalue weighted by molar-refractivity contribution is 7.89. The smallest absolute Gasteiger partial charge is 0.241 e. The van der Waals surface area contributed by atoms with E-state index >= 15 is 0 Å². The van der Waals surface area contributed by atoms with Crippen LogP contribution in [0.25, 0.3) is 0 Å². The van der Waals surface area contributed by atoms with E-state index in [0.717, 1.165) is 25.0 Å². The lowest BCUT2D eigenvalue weighted by atomic mass is 9.98. The van der Waals surface area contributed by atoms with E-state index in [1.807, 2.05) is 0 Å². The Morgan fingerprint density at radius 2 is 2.16 bits per heavy atom. The van der Waals surface area contributed by atoms with E-state index in [4.69, 9.17) is 17.3 Å². The molecule has 0 aliphatic heterocycles. The fourth-order valence-corrected chi connectivity index (χ4v) is 3.77. The molecule has 1 aliphatic carbocycles. The molecule has 1 aromatic rings. The quantitative estimate of drug-likeness (QED) is 0.872. The minimum Gasteiger partial charge on any atom is -0.329 e. The van der Waals surface area contributed by atoms with Gasteiger partial charge in [-0.2, -0.15) is 0 Å². The van der Waals surface area contributed by atoms with E-state index in [1.54, 1.807) is 6.92 Å². The van der Waals surface area contributed by atoms with Gasteiger partial charge in [0, 0.05) is 12.1 Å². The number of hydrogen-bond donors (Lipinski definition) is 2. The predicted octanol–water partition coefficient (Wildman–Crippen LogP) is 1.88. The van der Waals surface area contributed by atoms with Crippen LogP contribution in [-0.2, 0) is 10.0 Å². The lowest BCUT2D eigenvalue weighted by Crippen LogP contribution is -2.52. The number of benzene rings is 1.